The number of allylic oxidation sites excluding steroid dienone is 4. The molecule has 1 aliphatic heterocycles. The van der Waals surface area contributed by atoms with Crippen LogP contribution in [0, 0.1) is 6.92 Å². The molecule has 1 aromatic heterocycles. The van der Waals surface area contributed by atoms with Crippen LogP contribution < -0.4 is 10.1 Å². The van der Waals surface area contributed by atoms with E-state index in [-0.39, 0.29) is 39.5 Å². The van der Waals surface area contributed by atoms with Crippen molar-refractivity contribution in [2.75, 3.05) is 6.54 Å². The maximum Gasteiger partial charge on any atom is 0.194 e. The molecule has 1 aliphatic carbocycles. The number of aryl methyl sites for hydroxylation is 1. The highest BCUT2D eigenvalue weighted by Crippen LogP contribution is 2.57. The number of rotatable bonds is 9. The van der Waals surface area contributed by atoms with E-state index >= 15 is 0 Å². The molecule has 0 amide bonds. The summed E-state index contributed by atoms with van der Waals surface area (Å²) in [4.78, 5) is 44.2. The molecule has 1 atom stereocenters. The molecule has 0 radical (unpaired) electrons. The third-order valence-electron chi connectivity index (χ3n) is 8.41. The van der Waals surface area contributed by atoms with E-state index in [1.807, 2.05) is 18.2 Å². The molecule has 0 fully saturated rings. The normalized spacial score (nSPS) is 19.1. The number of Topliss-reactive ketones (excluding diaryl/α,β-unsaturated/α-hetero) is 2. The minimum Gasteiger partial charge on any atom is -0.507 e. The van der Waals surface area contributed by atoms with Crippen LogP contribution in [-0.4, -0.2) is 43.7 Å². The molecule has 9 heteroatoms. The Labute approximate surface area is 244 Å². The number of hydrogen-bond donors (Lipinski definition) is 3. The number of nitrogens with zero attached hydrogens (tertiary/aromatic N) is 2. The van der Waals surface area contributed by atoms with E-state index in [2.05, 4.69) is 29.8 Å². The maximum atomic E-state index is 13.9. The van der Waals surface area contributed by atoms with Gasteiger partial charge in [0.15, 0.2) is 17.3 Å². The van der Waals surface area contributed by atoms with Crippen LogP contribution in [0.2, 0.25) is 0 Å². The first kappa shape index (κ1) is 29.1. The van der Waals surface area contributed by atoms with Gasteiger partial charge in [0.25, 0.3) is 0 Å². The quantitative estimate of drug-likeness (QED) is 0.133. The van der Waals surface area contributed by atoms with Crippen LogP contribution in [0.25, 0.3) is 11.0 Å². The first-order valence-corrected chi connectivity index (χ1v) is 14.4. The van der Waals surface area contributed by atoms with E-state index in [0.717, 1.165) is 42.5 Å². The van der Waals surface area contributed by atoms with Crippen LogP contribution in [-0.2, 0) is 21.4 Å². The second-order valence-electron chi connectivity index (χ2n) is 11.6. The van der Waals surface area contributed by atoms with Crippen LogP contribution in [0.5, 0.6) is 17.2 Å². The van der Waals surface area contributed by atoms with Crippen molar-refractivity contribution in [3.05, 3.63) is 69.9 Å². The fourth-order valence-electron chi connectivity index (χ4n) is 6.16. The molecule has 3 aromatic rings. The van der Waals surface area contributed by atoms with Gasteiger partial charge in [-0.3, -0.25) is 14.4 Å². The van der Waals surface area contributed by atoms with Crippen LogP contribution in [0.1, 0.15) is 87.2 Å². The van der Waals surface area contributed by atoms with Gasteiger partial charge in [0.2, 0.25) is 0 Å². The van der Waals surface area contributed by atoms with Crippen molar-refractivity contribution in [2.45, 2.75) is 78.7 Å². The highest BCUT2D eigenvalue weighted by atomic mass is 16.5. The number of aromatic hydroxyl groups is 2. The van der Waals surface area contributed by atoms with Crippen LogP contribution >= 0.6 is 0 Å². The van der Waals surface area contributed by atoms with Gasteiger partial charge in [0, 0.05) is 36.3 Å². The van der Waals surface area contributed by atoms with Crippen molar-refractivity contribution in [1.29, 1.82) is 0 Å². The summed E-state index contributed by atoms with van der Waals surface area (Å²) < 4.78 is 8.11. The Morgan fingerprint density at radius 3 is 2.50 bits per heavy atom. The number of fused-ring (bicyclic) bond motifs is 4. The highest BCUT2D eigenvalue weighted by Gasteiger charge is 2.56. The minimum atomic E-state index is -1.52. The zero-order valence-electron chi connectivity index (χ0n) is 24.9. The number of carbonyl (C=O) groups excluding carboxylic acids is 3. The number of ketones is 3. The molecule has 5 rings (SSSR count). The Morgan fingerprint density at radius 2 is 1.81 bits per heavy atom. The molecule has 0 spiro atoms. The van der Waals surface area contributed by atoms with E-state index in [1.165, 1.54) is 19.9 Å². The number of imidazole rings is 1. The Kier molecular flexibility index (Phi) is 7.47. The number of unbranched alkanes of at least 4 members (excludes halogenated alkanes) is 2. The number of aromatic nitrogens is 2. The molecule has 0 saturated heterocycles. The van der Waals surface area contributed by atoms with Gasteiger partial charge in [0.05, 0.1) is 22.2 Å². The second kappa shape index (κ2) is 10.8. The molecular weight excluding hydrogens is 534 g/mol. The van der Waals surface area contributed by atoms with E-state index in [9.17, 15) is 24.6 Å². The van der Waals surface area contributed by atoms with Gasteiger partial charge in [-0.1, -0.05) is 18.6 Å². The van der Waals surface area contributed by atoms with Crippen molar-refractivity contribution in [1.82, 2.24) is 14.9 Å². The van der Waals surface area contributed by atoms with Gasteiger partial charge in [-0.25, -0.2) is 4.98 Å². The predicted molar refractivity (Wildman–Crippen MR) is 159 cm³/mol. The Balaban J connectivity index is 1.29. The number of carbonyl (C=O) groups is 3. The SMILES string of the molecule is CC(=O)c1c(O)c(C)c(O)c2c1OC1=CC(=O)C(=C(C)NCCCCCc3nc4ccccc4n3C(C)C)C(=O)C12C. The molecule has 2 aliphatic rings. The number of para-hydroxylation sites is 2. The molecule has 220 valence electrons. The van der Waals surface area contributed by atoms with Crippen molar-refractivity contribution in [2.24, 2.45) is 0 Å². The van der Waals surface area contributed by atoms with Crippen LogP contribution in [0.4, 0.5) is 0 Å². The lowest BCUT2D eigenvalue weighted by molar-refractivity contribution is -0.123. The largest absolute Gasteiger partial charge is 0.507 e. The average molecular weight is 572 g/mol. The molecule has 42 heavy (non-hydrogen) atoms. The average Bonchev–Trinajstić information content (AvgIpc) is 3.44. The Morgan fingerprint density at radius 1 is 1.10 bits per heavy atom. The topological polar surface area (TPSA) is 131 Å². The maximum absolute atomic E-state index is 13.9. The van der Waals surface area contributed by atoms with Crippen molar-refractivity contribution in [3.63, 3.8) is 0 Å². The number of benzene rings is 2. The number of phenols is 2. The summed E-state index contributed by atoms with van der Waals surface area (Å²) in [6, 6.07) is 8.48. The molecule has 9 nitrogen and oxygen atoms in total. The monoisotopic (exact) mass is 571 g/mol. The zero-order chi connectivity index (χ0) is 30.5. The third-order valence-corrected chi connectivity index (χ3v) is 8.41. The Hall–Kier alpha value is -4.40. The first-order chi connectivity index (χ1) is 19.9. The zero-order valence-corrected chi connectivity index (χ0v) is 24.9. The summed E-state index contributed by atoms with van der Waals surface area (Å²) in [6.07, 6.45) is 4.81. The number of phenolic OH excluding ortho intramolecular Hbond substituents is 2. The van der Waals surface area contributed by atoms with Crippen molar-refractivity contribution in [3.8, 4) is 17.2 Å². The van der Waals surface area contributed by atoms with Crippen molar-refractivity contribution < 1.29 is 29.3 Å². The van der Waals surface area contributed by atoms with Gasteiger partial charge in [-0.2, -0.15) is 0 Å². The summed E-state index contributed by atoms with van der Waals surface area (Å²) in [5, 5.41) is 24.7. The Bertz CT molecular complexity index is 1710. The lowest BCUT2D eigenvalue weighted by atomic mass is 9.70. The van der Waals surface area contributed by atoms with Gasteiger partial charge in [0.1, 0.15) is 39.8 Å². The first-order valence-electron chi connectivity index (χ1n) is 14.4. The van der Waals surface area contributed by atoms with Gasteiger partial charge >= 0.3 is 0 Å². The van der Waals surface area contributed by atoms with E-state index in [1.54, 1.807) is 13.8 Å². The van der Waals surface area contributed by atoms with Gasteiger partial charge in [-0.15, -0.1) is 0 Å². The second-order valence-corrected chi connectivity index (χ2v) is 11.6. The molecule has 0 saturated carbocycles. The number of hydrogen-bond acceptors (Lipinski definition) is 8. The van der Waals surface area contributed by atoms with E-state index in [0.29, 0.717) is 18.3 Å². The fraction of sp³-hybridized carbons (Fsp3) is 0.394. The van der Waals surface area contributed by atoms with E-state index in [4.69, 9.17) is 9.72 Å². The van der Waals surface area contributed by atoms with Crippen LogP contribution in [0.3, 0.4) is 0 Å². The van der Waals surface area contributed by atoms with Gasteiger partial charge in [-0.05, 0) is 66.5 Å². The standard InChI is InChI=1S/C33H37N3O6/c1-17(2)36-22-13-10-9-12-21(22)35-25(36)14-8-7-11-15-34-19(4)26-23(38)16-24-33(6,32(26)41)28-30(40)18(3)29(39)27(20(5)37)31(28)42-24/h9-10,12-13,16-17,34,39-40H,7-8,11,14-15H2,1-6H3. The molecule has 2 heterocycles. The molecular formula is C33H37N3O6. The lowest BCUT2D eigenvalue weighted by Gasteiger charge is -2.29. The van der Waals surface area contributed by atoms with E-state index < -0.39 is 28.5 Å². The summed E-state index contributed by atoms with van der Waals surface area (Å²) in [5.41, 5.74) is 1.09. The fourth-order valence-corrected chi connectivity index (χ4v) is 6.16. The smallest absolute Gasteiger partial charge is 0.194 e. The summed E-state index contributed by atoms with van der Waals surface area (Å²) in [6.45, 7) is 10.9. The third kappa shape index (κ3) is 4.47. The molecule has 1 unspecified atom stereocenters. The van der Waals surface area contributed by atoms with Crippen LogP contribution in [0.15, 0.2) is 47.4 Å². The molecule has 3 N–H and O–H groups in total. The van der Waals surface area contributed by atoms with Crippen molar-refractivity contribution >= 4 is 28.4 Å². The predicted octanol–water partition coefficient (Wildman–Crippen LogP) is 5.50. The molecule has 2 aromatic carbocycles. The highest BCUT2D eigenvalue weighted by molar-refractivity contribution is 6.31. The summed E-state index contributed by atoms with van der Waals surface area (Å²) >= 11 is 0. The number of ether oxygens (including phenoxy) is 1. The minimum absolute atomic E-state index is 0.0159. The lowest BCUT2D eigenvalue weighted by Crippen LogP contribution is -2.41. The summed E-state index contributed by atoms with van der Waals surface area (Å²) in [5.74, 6) is -1.25. The van der Waals surface area contributed by atoms with Gasteiger partial charge < -0.3 is 24.8 Å². The molecule has 0 bridgehead atoms. The summed E-state index contributed by atoms with van der Waals surface area (Å²) in [7, 11) is 0. The number of nitrogens with one attached hydrogen (secondary N) is 1.